The number of likely N-dealkylation sites (tertiary alicyclic amines) is 1. The molecule has 28 heavy (non-hydrogen) atoms. The SMILES string of the molecule is COCc1ccc(CN(CC2CCN(C3CCCC3)CC2)C[C@@H]2CCCO2)o1. The zero-order valence-electron chi connectivity index (χ0n) is 17.6. The van der Waals surface area contributed by atoms with Gasteiger partial charge in [-0.3, -0.25) is 4.90 Å². The highest BCUT2D eigenvalue weighted by Gasteiger charge is 2.29. The molecule has 3 aliphatic rings. The van der Waals surface area contributed by atoms with E-state index >= 15 is 0 Å². The second-order valence-electron chi connectivity index (χ2n) is 9.05. The number of rotatable bonds is 9. The van der Waals surface area contributed by atoms with Crippen LogP contribution < -0.4 is 0 Å². The van der Waals surface area contributed by atoms with Gasteiger partial charge in [0, 0.05) is 32.8 Å². The molecule has 0 N–H and O–H groups in total. The summed E-state index contributed by atoms with van der Waals surface area (Å²) in [6, 6.07) is 5.04. The van der Waals surface area contributed by atoms with Crippen molar-refractivity contribution in [3.8, 4) is 0 Å². The number of piperidine rings is 1. The van der Waals surface area contributed by atoms with E-state index < -0.39 is 0 Å². The van der Waals surface area contributed by atoms with Crippen LogP contribution in [0.5, 0.6) is 0 Å². The van der Waals surface area contributed by atoms with Gasteiger partial charge in [-0.25, -0.2) is 0 Å². The predicted molar refractivity (Wildman–Crippen MR) is 110 cm³/mol. The standard InChI is InChI=1S/C23H38N2O3/c1-26-18-23-9-8-22(28-23)17-24(16-21-7-4-14-27-21)15-19-10-12-25(13-11-19)20-5-2-3-6-20/h8-9,19-21H,2-7,10-18H2,1H3/t21-/m0/s1. The van der Waals surface area contributed by atoms with Crippen LogP contribution in [0.1, 0.15) is 62.9 Å². The smallest absolute Gasteiger partial charge is 0.129 e. The summed E-state index contributed by atoms with van der Waals surface area (Å²) in [7, 11) is 1.71. The van der Waals surface area contributed by atoms with Crippen LogP contribution in [0, 0.1) is 5.92 Å². The lowest BCUT2D eigenvalue weighted by Crippen LogP contribution is -2.43. The van der Waals surface area contributed by atoms with Crippen molar-refractivity contribution in [1.29, 1.82) is 0 Å². The molecule has 0 spiro atoms. The van der Waals surface area contributed by atoms with Crippen molar-refractivity contribution in [3.05, 3.63) is 23.7 Å². The molecule has 0 aromatic carbocycles. The van der Waals surface area contributed by atoms with Crippen LogP contribution in [-0.4, -0.2) is 61.8 Å². The van der Waals surface area contributed by atoms with Gasteiger partial charge in [0.1, 0.15) is 18.1 Å². The Morgan fingerprint density at radius 2 is 1.79 bits per heavy atom. The molecule has 2 saturated heterocycles. The van der Waals surface area contributed by atoms with Crippen molar-refractivity contribution in [2.24, 2.45) is 5.92 Å². The van der Waals surface area contributed by atoms with Crippen LogP contribution in [0.15, 0.2) is 16.5 Å². The molecule has 0 amide bonds. The third-order valence-corrected chi connectivity index (χ3v) is 6.88. The van der Waals surface area contributed by atoms with Gasteiger partial charge in [-0.1, -0.05) is 12.8 Å². The first-order valence-electron chi connectivity index (χ1n) is 11.4. The number of methoxy groups -OCH3 is 1. The first kappa shape index (κ1) is 20.4. The van der Waals surface area contributed by atoms with E-state index in [0.29, 0.717) is 12.7 Å². The van der Waals surface area contributed by atoms with Gasteiger partial charge in [-0.05, 0) is 69.7 Å². The third kappa shape index (κ3) is 5.59. The van der Waals surface area contributed by atoms with Crippen molar-refractivity contribution in [2.75, 3.05) is 39.9 Å². The molecule has 5 nitrogen and oxygen atoms in total. The summed E-state index contributed by atoms with van der Waals surface area (Å²) in [6.45, 7) is 7.14. The number of ether oxygens (including phenoxy) is 2. The normalized spacial score (nSPS) is 25.3. The van der Waals surface area contributed by atoms with Crippen LogP contribution >= 0.6 is 0 Å². The van der Waals surface area contributed by atoms with E-state index in [2.05, 4.69) is 15.9 Å². The van der Waals surface area contributed by atoms with Gasteiger partial charge in [0.25, 0.3) is 0 Å². The van der Waals surface area contributed by atoms with Gasteiger partial charge in [0.15, 0.2) is 0 Å². The van der Waals surface area contributed by atoms with E-state index in [4.69, 9.17) is 13.9 Å². The molecular formula is C23H38N2O3. The van der Waals surface area contributed by atoms with Gasteiger partial charge >= 0.3 is 0 Å². The largest absolute Gasteiger partial charge is 0.462 e. The molecule has 2 aliphatic heterocycles. The van der Waals surface area contributed by atoms with Crippen LogP contribution in [-0.2, 0) is 22.6 Å². The monoisotopic (exact) mass is 390 g/mol. The fourth-order valence-corrected chi connectivity index (χ4v) is 5.36. The predicted octanol–water partition coefficient (Wildman–Crippen LogP) is 4.06. The Balaban J connectivity index is 1.30. The summed E-state index contributed by atoms with van der Waals surface area (Å²) >= 11 is 0. The number of furan rings is 1. The maximum Gasteiger partial charge on any atom is 0.129 e. The molecule has 158 valence electrons. The molecule has 4 rings (SSSR count). The Morgan fingerprint density at radius 3 is 2.50 bits per heavy atom. The van der Waals surface area contributed by atoms with Gasteiger partial charge < -0.3 is 18.8 Å². The van der Waals surface area contributed by atoms with E-state index in [1.807, 2.05) is 6.07 Å². The molecule has 1 saturated carbocycles. The molecule has 0 bridgehead atoms. The Kier molecular flexibility index (Phi) is 7.46. The van der Waals surface area contributed by atoms with E-state index in [-0.39, 0.29) is 0 Å². The van der Waals surface area contributed by atoms with Crippen LogP contribution in [0.3, 0.4) is 0 Å². The second-order valence-corrected chi connectivity index (χ2v) is 9.05. The van der Waals surface area contributed by atoms with E-state index in [9.17, 15) is 0 Å². The Bertz CT molecular complexity index is 570. The summed E-state index contributed by atoms with van der Waals surface area (Å²) in [5.41, 5.74) is 0. The molecule has 1 aromatic rings. The molecule has 1 aromatic heterocycles. The number of hydrogen-bond donors (Lipinski definition) is 0. The van der Waals surface area contributed by atoms with Crippen LogP contribution in [0.25, 0.3) is 0 Å². The average Bonchev–Trinajstić information content (AvgIpc) is 3.46. The molecule has 3 fully saturated rings. The quantitative estimate of drug-likeness (QED) is 0.636. The lowest BCUT2D eigenvalue weighted by molar-refractivity contribution is 0.0510. The van der Waals surface area contributed by atoms with E-state index in [0.717, 1.165) is 43.2 Å². The fourth-order valence-electron chi connectivity index (χ4n) is 5.36. The highest BCUT2D eigenvalue weighted by atomic mass is 16.5. The van der Waals surface area contributed by atoms with Crippen molar-refractivity contribution in [3.63, 3.8) is 0 Å². The molecule has 1 aliphatic carbocycles. The minimum absolute atomic E-state index is 0.395. The summed E-state index contributed by atoms with van der Waals surface area (Å²) in [5, 5.41) is 0. The highest BCUT2D eigenvalue weighted by molar-refractivity contribution is 5.06. The maximum absolute atomic E-state index is 5.98. The molecule has 3 heterocycles. The molecule has 0 radical (unpaired) electrons. The van der Waals surface area contributed by atoms with Crippen molar-refractivity contribution >= 4 is 0 Å². The lowest BCUT2D eigenvalue weighted by atomic mass is 9.94. The Morgan fingerprint density at radius 1 is 1.00 bits per heavy atom. The van der Waals surface area contributed by atoms with Gasteiger partial charge in [0.2, 0.25) is 0 Å². The summed E-state index contributed by atoms with van der Waals surface area (Å²) < 4.78 is 17.1. The van der Waals surface area contributed by atoms with Gasteiger partial charge in [-0.2, -0.15) is 0 Å². The fraction of sp³-hybridized carbons (Fsp3) is 0.826. The molecule has 5 heteroatoms. The van der Waals surface area contributed by atoms with Crippen molar-refractivity contribution < 1.29 is 13.9 Å². The van der Waals surface area contributed by atoms with Crippen molar-refractivity contribution in [1.82, 2.24) is 9.80 Å². The van der Waals surface area contributed by atoms with Crippen LogP contribution in [0.2, 0.25) is 0 Å². The molecule has 0 unspecified atom stereocenters. The average molecular weight is 391 g/mol. The Labute approximate surface area is 170 Å². The van der Waals surface area contributed by atoms with Gasteiger partial charge in [0.05, 0.1) is 12.6 Å². The minimum Gasteiger partial charge on any atom is -0.462 e. The zero-order chi connectivity index (χ0) is 19.2. The lowest BCUT2D eigenvalue weighted by Gasteiger charge is -2.38. The van der Waals surface area contributed by atoms with E-state index in [1.165, 1.54) is 71.0 Å². The first-order valence-corrected chi connectivity index (χ1v) is 11.4. The van der Waals surface area contributed by atoms with Crippen LogP contribution in [0.4, 0.5) is 0 Å². The number of hydrogen-bond acceptors (Lipinski definition) is 5. The topological polar surface area (TPSA) is 38.1 Å². The Hall–Kier alpha value is -0.880. The number of nitrogens with zero attached hydrogens (tertiary/aromatic N) is 2. The summed E-state index contributed by atoms with van der Waals surface area (Å²) in [4.78, 5) is 5.36. The summed E-state index contributed by atoms with van der Waals surface area (Å²) in [5.74, 6) is 2.76. The highest BCUT2D eigenvalue weighted by Crippen LogP contribution is 2.29. The van der Waals surface area contributed by atoms with E-state index in [1.54, 1.807) is 7.11 Å². The van der Waals surface area contributed by atoms with Crippen molar-refractivity contribution in [2.45, 2.75) is 76.7 Å². The first-order chi connectivity index (χ1) is 13.8. The third-order valence-electron chi connectivity index (χ3n) is 6.88. The molecule has 1 atom stereocenters. The second kappa shape index (κ2) is 10.2. The zero-order valence-corrected chi connectivity index (χ0v) is 17.6. The molecular weight excluding hydrogens is 352 g/mol. The summed E-state index contributed by atoms with van der Waals surface area (Å²) in [6.07, 6.45) is 11.2. The van der Waals surface area contributed by atoms with Gasteiger partial charge in [-0.15, -0.1) is 0 Å². The minimum atomic E-state index is 0.395. The maximum atomic E-state index is 5.98.